The van der Waals surface area contributed by atoms with Gasteiger partial charge in [0.05, 0.1) is 4.92 Å². The van der Waals surface area contributed by atoms with Crippen LogP contribution in [-0.4, -0.2) is 19.9 Å². The van der Waals surface area contributed by atoms with Crippen molar-refractivity contribution in [3.8, 4) is 0 Å². The highest BCUT2D eigenvalue weighted by Crippen LogP contribution is 2.22. The normalized spacial score (nSPS) is 11.1. The number of sulfonamides is 1. The average Bonchev–Trinajstić information content (AvgIpc) is 2.26. The Kier molecular flexibility index (Phi) is 4.22. The fourth-order valence-corrected chi connectivity index (χ4v) is 2.43. The number of hydrogen-bond donors (Lipinski definition) is 1. The van der Waals surface area contributed by atoms with Crippen LogP contribution in [0.3, 0.4) is 0 Å². The molecule has 0 bridgehead atoms. The number of nitro benzene ring substituents is 1. The molecule has 0 amide bonds. The molecule has 0 fully saturated rings. The molecule has 8 heteroatoms. The number of nitrogens with one attached hydrogen (secondary N) is 1. The minimum absolute atomic E-state index is 0.0900. The van der Waals surface area contributed by atoms with Crippen molar-refractivity contribution in [1.29, 1.82) is 0 Å². The molecule has 1 aromatic carbocycles. The van der Waals surface area contributed by atoms with Crippen LogP contribution >= 0.6 is 11.6 Å². The molecule has 0 saturated carbocycles. The van der Waals surface area contributed by atoms with E-state index in [4.69, 9.17) is 11.6 Å². The van der Waals surface area contributed by atoms with E-state index in [0.717, 1.165) is 12.1 Å². The molecular formula is C9H9ClN2O4S. The van der Waals surface area contributed by atoms with Gasteiger partial charge in [0.1, 0.15) is 0 Å². The Labute approximate surface area is 103 Å². The molecule has 0 aliphatic rings. The van der Waals surface area contributed by atoms with Crippen LogP contribution in [0.25, 0.3) is 0 Å². The van der Waals surface area contributed by atoms with Gasteiger partial charge in [-0.15, -0.1) is 0 Å². The maximum atomic E-state index is 11.7. The van der Waals surface area contributed by atoms with Gasteiger partial charge in [0.25, 0.3) is 5.69 Å². The lowest BCUT2D eigenvalue weighted by Crippen LogP contribution is -2.25. The van der Waals surface area contributed by atoms with E-state index < -0.39 is 25.5 Å². The first-order valence-corrected chi connectivity index (χ1v) is 6.27. The van der Waals surface area contributed by atoms with E-state index in [9.17, 15) is 18.5 Å². The Morgan fingerprint density at radius 2 is 2.06 bits per heavy atom. The number of nitro groups is 1. The van der Waals surface area contributed by atoms with Gasteiger partial charge in [0.2, 0.25) is 10.0 Å². The minimum Gasteiger partial charge on any atom is -0.258 e. The second kappa shape index (κ2) is 5.26. The van der Waals surface area contributed by atoms with Crippen LogP contribution in [-0.2, 0) is 10.0 Å². The number of nitrogens with zero attached hydrogens (tertiary/aromatic N) is 1. The van der Waals surface area contributed by atoms with E-state index in [2.05, 4.69) is 11.3 Å². The molecule has 0 saturated heterocycles. The standard InChI is InChI=1S/C9H9ClN2O4S/c1-7(10)6-11-17(15,16)9-5-3-2-4-8(9)12(13)14/h2-5,11H,1,6H2. The van der Waals surface area contributed by atoms with Crippen molar-refractivity contribution in [1.82, 2.24) is 4.72 Å². The Bertz CT molecular complexity index is 556. The van der Waals surface area contributed by atoms with Gasteiger partial charge in [-0.3, -0.25) is 10.1 Å². The third kappa shape index (κ3) is 3.52. The van der Waals surface area contributed by atoms with Crippen molar-refractivity contribution in [2.24, 2.45) is 0 Å². The Balaban J connectivity index is 3.15. The summed E-state index contributed by atoms with van der Waals surface area (Å²) in [5.74, 6) is 0. The quantitative estimate of drug-likeness (QED) is 0.654. The Hall–Kier alpha value is -1.44. The summed E-state index contributed by atoms with van der Waals surface area (Å²) in [5, 5.41) is 10.8. The first-order valence-electron chi connectivity index (χ1n) is 4.41. The summed E-state index contributed by atoms with van der Waals surface area (Å²) in [4.78, 5) is 9.52. The van der Waals surface area contributed by atoms with Gasteiger partial charge in [-0.1, -0.05) is 30.3 Å². The Morgan fingerprint density at radius 1 is 1.47 bits per heavy atom. The van der Waals surface area contributed by atoms with Gasteiger partial charge in [-0.25, -0.2) is 13.1 Å². The zero-order valence-corrected chi connectivity index (χ0v) is 10.2. The molecular weight excluding hydrogens is 268 g/mol. The van der Waals surface area contributed by atoms with Crippen LogP contribution in [0.15, 0.2) is 40.8 Å². The average molecular weight is 277 g/mol. The smallest absolute Gasteiger partial charge is 0.258 e. The molecule has 92 valence electrons. The molecule has 0 heterocycles. The van der Waals surface area contributed by atoms with E-state index in [-0.39, 0.29) is 11.6 Å². The highest BCUT2D eigenvalue weighted by Gasteiger charge is 2.24. The van der Waals surface area contributed by atoms with E-state index in [1.165, 1.54) is 12.1 Å². The van der Waals surface area contributed by atoms with Crippen LogP contribution in [0.5, 0.6) is 0 Å². The van der Waals surface area contributed by atoms with Crippen molar-refractivity contribution in [2.75, 3.05) is 6.54 Å². The molecule has 0 aliphatic heterocycles. The number of benzene rings is 1. The maximum Gasteiger partial charge on any atom is 0.289 e. The van der Waals surface area contributed by atoms with Crippen molar-refractivity contribution < 1.29 is 13.3 Å². The van der Waals surface area contributed by atoms with Gasteiger partial charge in [-0.05, 0) is 6.07 Å². The van der Waals surface area contributed by atoms with Gasteiger partial charge >= 0.3 is 0 Å². The third-order valence-electron chi connectivity index (χ3n) is 1.81. The van der Waals surface area contributed by atoms with E-state index >= 15 is 0 Å². The van der Waals surface area contributed by atoms with E-state index in [1.807, 2.05) is 0 Å². The van der Waals surface area contributed by atoms with E-state index in [1.54, 1.807) is 0 Å². The monoisotopic (exact) mass is 276 g/mol. The fourth-order valence-electron chi connectivity index (χ4n) is 1.09. The van der Waals surface area contributed by atoms with Crippen molar-refractivity contribution in [2.45, 2.75) is 4.90 Å². The Morgan fingerprint density at radius 3 is 2.59 bits per heavy atom. The first-order chi connectivity index (χ1) is 7.84. The van der Waals surface area contributed by atoms with Crippen LogP contribution in [0.1, 0.15) is 0 Å². The second-order valence-electron chi connectivity index (χ2n) is 3.07. The largest absolute Gasteiger partial charge is 0.289 e. The zero-order chi connectivity index (χ0) is 13.1. The molecule has 0 aliphatic carbocycles. The van der Waals surface area contributed by atoms with Crippen LogP contribution < -0.4 is 4.72 Å². The molecule has 0 unspecified atom stereocenters. The number of hydrogen-bond acceptors (Lipinski definition) is 4. The van der Waals surface area contributed by atoms with Crippen LogP contribution in [0.2, 0.25) is 0 Å². The number of halogens is 1. The van der Waals surface area contributed by atoms with Gasteiger partial charge < -0.3 is 0 Å². The predicted molar refractivity (Wildman–Crippen MR) is 63.3 cm³/mol. The van der Waals surface area contributed by atoms with Crippen LogP contribution in [0, 0.1) is 10.1 Å². The molecule has 6 nitrogen and oxygen atoms in total. The lowest BCUT2D eigenvalue weighted by atomic mass is 10.3. The summed E-state index contributed by atoms with van der Waals surface area (Å²) in [6.45, 7) is 3.13. The molecule has 1 aromatic rings. The molecule has 1 rings (SSSR count). The number of rotatable bonds is 5. The van der Waals surface area contributed by atoms with Crippen LogP contribution in [0.4, 0.5) is 5.69 Å². The number of para-hydroxylation sites is 1. The summed E-state index contributed by atoms with van der Waals surface area (Å²) in [6.07, 6.45) is 0. The summed E-state index contributed by atoms with van der Waals surface area (Å²) < 4.78 is 25.6. The molecule has 0 spiro atoms. The lowest BCUT2D eigenvalue weighted by molar-refractivity contribution is -0.387. The van der Waals surface area contributed by atoms with E-state index in [0.29, 0.717) is 0 Å². The maximum absolute atomic E-state index is 11.7. The third-order valence-corrected chi connectivity index (χ3v) is 3.39. The highest BCUT2D eigenvalue weighted by atomic mass is 35.5. The van der Waals surface area contributed by atoms with Crippen molar-refractivity contribution in [3.05, 3.63) is 46.0 Å². The SMILES string of the molecule is C=C(Cl)CNS(=O)(=O)c1ccccc1[N+](=O)[O-]. The lowest BCUT2D eigenvalue weighted by Gasteiger charge is -2.05. The zero-order valence-electron chi connectivity index (χ0n) is 8.59. The second-order valence-corrected chi connectivity index (χ2v) is 5.34. The van der Waals surface area contributed by atoms with Gasteiger partial charge in [0, 0.05) is 17.6 Å². The fraction of sp³-hybridized carbons (Fsp3) is 0.111. The summed E-state index contributed by atoms with van der Waals surface area (Å²) in [5.41, 5.74) is -0.486. The summed E-state index contributed by atoms with van der Waals surface area (Å²) >= 11 is 5.42. The predicted octanol–water partition coefficient (Wildman–Crippen LogP) is 1.63. The minimum atomic E-state index is -3.97. The first kappa shape index (κ1) is 13.6. The highest BCUT2D eigenvalue weighted by molar-refractivity contribution is 7.89. The van der Waals surface area contributed by atoms with Crippen molar-refractivity contribution in [3.63, 3.8) is 0 Å². The summed E-state index contributed by atoms with van der Waals surface area (Å²) in [7, 11) is -3.97. The molecule has 0 aromatic heterocycles. The molecule has 17 heavy (non-hydrogen) atoms. The van der Waals surface area contributed by atoms with Gasteiger partial charge in [-0.2, -0.15) is 0 Å². The van der Waals surface area contributed by atoms with Crippen molar-refractivity contribution >= 4 is 27.3 Å². The van der Waals surface area contributed by atoms with Gasteiger partial charge in [0.15, 0.2) is 4.90 Å². The molecule has 1 N–H and O–H groups in total. The molecule has 0 atom stereocenters. The molecule has 0 radical (unpaired) electrons. The topological polar surface area (TPSA) is 89.3 Å². The summed E-state index contributed by atoms with van der Waals surface area (Å²) in [6, 6.07) is 5.05.